The molecular weight excluding hydrogens is 341 g/mol. The summed E-state index contributed by atoms with van der Waals surface area (Å²) >= 11 is 0. The molecule has 0 unspecified atom stereocenters. The molecule has 0 bridgehead atoms. The molecule has 4 rings (SSSR count). The highest BCUT2D eigenvalue weighted by molar-refractivity contribution is 5.96. The van der Waals surface area contributed by atoms with E-state index in [0.29, 0.717) is 12.1 Å². The van der Waals surface area contributed by atoms with Crippen LogP contribution in [-0.2, 0) is 0 Å². The molecule has 1 aliphatic rings. The maximum atomic E-state index is 14.3. The second-order valence-corrected chi connectivity index (χ2v) is 6.98. The Hall–Kier alpha value is -2.95. The van der Waals surface area contributed by atoms with Crippen LogP contribution in [0.3, 0.4) is 0 Å². The Kier molecular flexibility index (Phi) is 4.75. The van der Waals surface area contributed by atoms with E-state index >= 15 is 0 Å². The predicted octanol–water partition coefficient (Wildman–Crippen LogP) is 4.69. The van der Waals surface area contributed by atoms with E-state index in [0.717, 1.165) is 30.5 Å². The van der Waals surface area contributed by atoms with Crippen LogP contribution in [0, 0.1) is 12.7 Å². The first-order valence-electron chi connectivity index (χ1n) is 9.31. The van der Waals surface area contributed by atoms with Crippen molar-refractivity contribution in [1.29, 1.82) is 0 Å². The van der Waals surface area contributed by atoms with Gasteiger partial charge < -0.3 is 4.90 Å². The number of nitrogens with zero attached hydrogens (tertiary/aromatic N) is 3. The van der Waals surface area contributed by atoms with E-state index in [1.807, 2.05) is 41.4 Å². The summed E-state index contributed by atoms with van der Waals surface area (Å²) in [5, 5.41) is 4.24. The molecule has 1 fully saturated rings. The molecule has 4 nitrogen and oxygen atoms in total. The predicted molar refractivity (Wildman–Crippen MR) is 102 cm³/mol. The van der Waals surface area contributed by atoms with Gasteiger partial charge in [-0.05, 0) is 61.6 Å². The van der Waals surface area contributed by atoms with Crippen LogP contribution in [0.4, 0.5) is 4.39 Å². The fraction of sp³-hybridized carbons (Fsp3) is 0.273. The SMILES string of the molecule is Cc1cccc(F)c1C(=O)N1CCCC[C@@H]1c1ccc(-n2cccn2)cc1. The van der Waals surface area contributed by atoms with Gasteiger partial charge in [0.25, 0.3) is 5.91 Å². The summed E-state index contributed by atoms with van der Waals surface area (Å²) in [6.45, 7) is 2.44. The number of halogens is 1. The first-order chi connectivity index (χ1) is 13.1. The lowest BCUT2D eigenvalue weighted by Crippen LogP contribution is -2.39. The molecule has 0 N–H and O–H groups in total. The number of hydrogen-bond donors (Lipinski definition) is 0. The van der Waals surface area contributed by atoms with Crippen LogP contribution in [0.15, 0.2) is 60.9 Å². The normalized spacial score (nSPS) is 17.1. The number of rotatable bonds is 3. The molecule has 2 aromatic carbocycles. The standard InChI is InChI=1S/C22H22FN3O/c1-16-6-4-7-19(23)21(16)22(27)25-14-3-2-8-20(25)17-9-11-18(12-10-17)26-15-5-13-24-26/h4-7,9-13,15,20H,2-3,8,14H2,1H3/t20-/m1/s1. The number of carbonyl (C=O) groups excluding carboxylic acids is 1. The third kappa shape index (κ3) is 3.37. The number of benzene rings is 2. The lowest BCUT2D eigenvalue weighted by molar-refractivity contribution is 0.0606. The molecule has 0 saturated carbocycles. The molecule has 1 aromatic heterocycles. The number of carbonyl (C=O) groups is 1. The third-order valence-corrected chi connectivity index (χ3v) is 5.25. The van der Waals surface area contributed by atoms with E-state index in [4.69, 9.17) is 0 Å². The van der Waals surface area contributed by atoms with Gasteiger partial charge in [0.15, 0.2) is 0 Å². The minimum Gasteiger partial charge on any atom is -0.332 e. The highest BCUT2D eigenvalue weighted by Gasteiger charge is 2.30. The van der Waals surface area contributed by atoms with Crippen LogP contribution in [0.25, 0.3) is 5.69 Å². The van der Waals surface area contributed by atoms with Crippen molar-refractivity contribution in [3.05, 3.63) is 83.4 Å². The van der Waals surface area contributed by atoms with Crippen LogP contribution >= 0.6 is 0 Å². The topological polar surface area (TPSA) is 38.1 Å². The van der Waals surface area contributed by atoms with E-state index in [1.165, 1.54) is 6.07 Å². The van der Waals surface area contributed by atoms with Gasteiger partial charge in [-0.2, -0.15) is 5.10 Å². The Morgan fingerprint density at radius 2 is 1.93 bits per heavy atom. The van der Waals surface area contributed by atoms with Crippen molar-refractivity contribution in [2.75, 3.05) is 6.54 Å². The summed E-state index contributed by atoms with van der Waals surface area (Å²) in [7, 11) is 0. The van der Waals surface area contributed by atoms with Gasteiger partial charge in [0.05, 0.1) is 17.3 Å². The van der Waals surface area contributed by atoms with Gasteiger partial charge in [-0.25, -0.2) is 9.07 Å². The Labute approximate surface area is 158 Å². The molecule has 0 aliphatic carbocycles. The number of likely N-dealkylation sites (tertiary alicyclic amines) is 1. The minimum atomic E-state index is -0.446. The summed E-state index contributed by atoms with van der Waals surface area (Å²) in [4.78, 5) is 15.0. The van der Waals surface area contributed by atoms with Gasteiger partial charge in [0.1, 0.15) is 5.82 Å². The first kappa shape index (κ1) is 17.5. The lowest BCUT2D eigenvalue weighted by Gasteiger charge is -2.36. The summed E-state index contributed by atoms with van der Waals surface area (Å²) in [5.41, 5.74) is 2.92. The van der Waals surface area contributed by atoms with E-state index in [2.05, 4.69) is 5.10 Å². The van der Waals surface area contributed by atoms with E-state index in [-0.39, 0.29) is 17.5 Å². The van der Waals surface area contributed by atoms with Gasteiger partial charge in [-0.15, -0.1) is 0 Å². The van der Waals surface area contributed by atoms with Gasteiger partial charge in [0, 0.05) is 18.9 Å². The molecule has 0 spiro atoms. The van der Waals surface area contributed by atoms with Crippen molar-refractivity contribution >= 4 is 5.91 Å². The monoisotopic (exact) mass is 363 g/mol. The summed E-state index contributed by atoms with van der Waals surface area (Å²) in [5.74, 6) is -0.662. The molecule has 1 saturated heterocycles. The number of piperidine rings is 1. The zero-order chi connectivity index (χ0) is 18.8. The molecule has 0 radical (unpaired) electrons. The van der Waals surface area contributed by atoms with Gasteiger partial charge in [-0.1, -0.05) is 24.3 Å². The quantitative estimate of drug-likeness (QED) is 0.677. The number of aromatic nitrogens is 2. The van der Waals surface area contributed by atoms with Crippen LogP contribution < -0.4 is 0 Å². The molecule has 27 heavy (non-hydrogen) atoms. The minimum absolute atomic E-state index is 0.0306. The summed E-state index contributed by atoms with van der Waals surface area (Å²) in [6.07, 6.45) is 6.53. The molecule has 1 aliphatic heterocycles. The van der Waals surface area contributed by atoms with Crippen LogP contribution in [0.2, 0.25) is 0 Å². The highest BCUT2D eigenvalue weighted by atomic mass is 19.1. The zero-order valence-corrected chi connectivity index (χ0v) is 15.3. The van der Waals surface area contributed by atoms with Crippen molar-refractivity contribution in [1.82, 2.24) is 14.7 Å². The Balaban J connectivity index is 1.64. The average Bonchev–Trinajstić information content (AvgIpc) is 3.23. The van der Waals surface area contributed by atoms with Gasteiger partial charge >= 0.3 is 0 Å². The number of aryl methyl sites for hydroxylation is 1. The smallest absolute Gasteiger partial charge is 0.257 e. The number of hydrogen-bond acceptors (Lipinski definition) is 2. The van der Waals surface area contributed by atoms with E-state index < -0.39 is 5.82 Å². The third-order valence-electron chi connectivity index (χ3n) is 5.25. The van der Waals surface area contributed by atoms with Crippen molar-refractivity contribution < 1.29 is 9.18 Å². The molecule has 1 atom stereocenters. The van der Waals surface area contributed by atoms with Crippen molar-refractivity contribution in [2.45, 2.75) is 32.2 Å². The Bertz CT molecular complexity index is 914. The molecule has 138 valence electrons. The zero-order valence-electron chi connectivity index (χ0n) is 15.3. The van der Waals surface area contributed by atoms with Gasteiger partial charge in [0.2, 0.25) is 0 Å². The largest absolute Gasteiger partial charge is 0.332 e. The van der Waals surface area contributed by atoms with Crippen molar-refractivity contribution in [3.63, 3.8) is 0 Å². The van der Waals surface area contributed by atoms with E-state index in [1.54, 1.807) is 29.9 Å². The highest BCUT2D eigenvalue weighted by Crippen LogP contribution is 2.33. The Morgan fingerprint density at radius 1 is 1.11 bits per heavy atom. The van der Waals surface area contributed by atoms with E-state index in [9.17, 15) is 9.18 Å². The molecule has 1 amide bonds. The summed E-state index contributed by atoms with van der Waals surface area (Å²) in [6, 6.07) is 14.7. The molecule has 3 aromatic rings. The van der Waals surface area contributed by atoms with Crippen molar-refractivity contribution in [2.24, 2.45) is 0 Å². The number of amides is 1. The molecule has 5 heteroatoms. The second-order valence-electron chi connectivity index (χ2n) is 6.98. The second kappa shape index (κ2) is 7.35. The molecule has 2 heterocycles. The lowest BCUT2D eigenvalue weighted by atomic mass is 9.93. The maximum Gasteiger partial charge on any atom is 0.257 e. The average molecular weight is 363 g/mol. The van der Waals surface area contributed by atoms with Gasteiger partial charge in [-0.3, -0.25) is 4.79 Å². The maximum absolute atomic E-state index is 14.3. The molecular formula is C22H22FN3O. The van der Waals surface area contributed by atoms with Crippen molar-refractivity contribution in [3.8, 4) is 5.69 Å². The fourth-order valence-corrected chi connectivity index (χ4v) is 3.84. The summed E-state index contributed by atoms with van der Waals surface area (Å²) < 4.78 is 16.1. The first-order valence-corrected chi connectivity index (χ1v) is 9.31. The van der Waals surface area contributed by atoms with Crippen LogP contribution in [0.5, 0.6) is 0 Å². The fourth-order valence-electron chi connectivity index (χ4n) is 3.84. The van der Waals surface area contributed by atoms with Crippen LogP contribution in [0.1, 0.15) is 46.8 Å². The van der Waals surface area contributed by atoms with Crippen LogP contribution in [-0.4, -0.2) is 27.1 Å². The Morgan fingerprint density at radius 3 is 2.63 bits per heavy atom.